The molecule has 0 aromatic carbocycles. The summed E-state index contributed by atoms with van der Waals surface area (Å²) >= 11 is 1.90. The highest BCUT2D eigenvalue weighted by atomic mass is 32.1. The summed E-state index contributed by atoms with van der Waals surface area (Å²) in [6, 6.07) is 3.43. The van der Waals surface area contributed by atoms with E-state index in [2.05, 4.69) is 46.0 Å². The molecule has 1 nitrogen and oxygen atoms in total. The van der Waals surface area contributed by atoms with E-state index in [4.69, 9.17) is 0 Å². The summed E-state index contributed by atoms with van der Waals surface area (Å²) < 4.78 is 0. The molecule has 0 aliphatic carbocycles. The number of rotatable bonds is 6. The van der Waals surface area contributed by atoms with Crippen molar-refractivity contribution in [2.24, 2.45) is 0 Å². The fourth-order valence-corrected chi connectivity index (χ4v) is 3.21. The van der Waals surface area contributed by atoms with Crippen LogP contribution in [0.3, 0.4) is 0 Å². The van der Waals surface area contributed by atoms with Crippen molar-refractivity contribution in [3.8, 4) is 0 Å². The van der Waals surface area contributed by atoms with Gasteiger partial charge in [0.05, 0.1) is 0 Å². The topological polar surface area (TPSA) is 12.0 Å². The number of hydrogen-bond acceptors (Lipinski definition) is 2. The van der Waals surface area contributed by atoms with Gasteiger partial charge in [0.25, 0.3) is 0 Å². The van der Waals surface area contributed by atoms with Crippen molar-refractivity contribution < 1.29 is 0 Å². The third-order valence-corrected chi connectivity index (χ3v) is 4.05. The normalized spacial score (nSPS) is 15.1. The van der Waals surface area contributed by atoms with Crippen molar-refractivity contribution in [1.29, 1.82) is 0 Å². The zero-order valence-corrected chi connectivity index (χ0v) is 12.1. The summed E-state index contributed by atoms with van der Waals surface area (Å²) in [7, 11) is 0. The van der Waals surface area contributed by atoms with Gasteiger partial charge in [0.15, 0.2) is 0 Å². The van der Waals surface area contributed by atoms with E-state index in [1.54, 1.807) is 0 Å². The van der Waals surface area contributed by atoms with Crippen LogP contribution in [-0.2, 0) is 0 Å². The van der Waals surface area contributed by atoms with Crippen molar-refractivity contribution in [3.05, 3.63) is 21.4 Å². The molecule has 0 bridgehead atoms. The molecule has 2 unspecified atom stereocenters. The number of hydrogen-bond donors (Lipinski definition) is 1. The van der Waals surface area contributed by atoms with Crippen molar-refractivity contribution in [2.75, 3.05) is 0 Å². The van der Waals surface area contributed by atoms with Crippen LogP contribution >= 0.6 is 11.3 Å². The second-order valence-electron chi connectivity index (χ2n) is 4.80. The Labute approximate surface area is 104 Å². The van der Waals surface area contributed by atoms with Crippen LogP contribution < -0.4 is 5.32 Å². The van der Waals surface area contributed by atoms with Crippen LogP contribution in [0, 0.1) is 13.8 Å². The highest BCUT2D eigenvalue weighted by Crippen LogP contribution is 2.26. The van der Waals surface area contributed by atoms with Crippen LogP contribution in [0.15, 0.2) is 6.07 Å². The predicted octanol–water partition coefficient (Wildman–Crippen LogP) is 4.59. The van der Waals surface area contributed by atoms with Gasteiger partial charge in [0.1, 0.15) is 0 Å². The molecule has 0 saturated heterocycles. The first-order valence-corrected chi connectivity index (χ1v) is 7.19. The Morgan fingerprint density at radius 3 is 2.50 bits per heavy atom. The molecular formula is C14H25NS. The molecule has 0 aliphatic heterocycles. The minimum Gasteiger partial charge on any atom is -0.308 e. The van der Waals surface area contributed by atoms with E-state index in [1.165, 1.54) is 34.6 Å². The lowest BCUT2D eigenvalue weighted by molar-refractivity contribution is 0.444. The molecular weight excluding hydrogens is 214 g/mol. The molecule has 0 aliphatic rings. The van der Waals surface area contributed by atoms with Gasteiger partial charge >= 0.3 is 0 Å². The van der Waals surface area contributed by atoms with Gasteiger partial charge in [-0.15, -0.1) is 11.3 Å². The van der Waals surface area contributed by atoms with Crippen LogP contribution in [0.1, 0.15) is 61.4 Å². The van der Waals surface area contributed by atoms with E-state index < -0.39 is 0 Å². The second-order valence-corrected chi connectivity index (χ2v) is 6.26. The molecule has 1 rings (SSSR count). The van der Waals surface area contributed by atoms with Gasteiger partial charge in [-0.25, -0.2) is 0 Å². The van der Waals surface area contributed by atoms with Gasteiger partial charge in [0, 0.05) is 21.8 Å². The lowest BCUT2D eigenvalue weighted by Gasteiger charge is -2.20. The zero-order valence-electron chi connectivity index (χ0n) is 11.3. The van der Waals surface area contributed by atoms with Gasteiger partial charge < -0.3 is 5.32 Å². The Balaban J connectivity index is 2.51. The van der Waals surface area contributed by atoms with Gasteiger partial charge in [-0.05, 0) is 45.7 Å². The molecule has 0 fully saturated rings. The van der Waals surface area contributed by atoms with Gasteiger partial charge in [-0.3, -0.25) is 0 Å². The first-order chi connectivity index (χ1) is 7.54. The average Bonchev–Trinajstić information content (AvgIpc) is 2.54. The zero-order chi connectivity index (χ0) is 12.1. The fraction of sp³-hybridized carbons (Fsp3) is 0.714. The maximum Gasteiger partial charge on any atom is 0.0305 e. The van der Waals surface area contributed by atoms with E-state index in [0.717, 1.165) is 0 Å². The molecule has 1 heterocycles. The fourth-order valence-electron chi connectivity index (χ4n) is 2.19. The van der Waals surface area contributed by atoms with Gasteiger partial charge in [-0.2, -0.15) is 0 Å². The maximum atomic E-state index is 3.69. The van der Waals surface area contributed by atoms with Crippen LogP contribution in [-0.4, -0.2) is 6.04 Å². The monoisotopic (exact) mass is 239 g/mol. The molecule has 2 heteroatoms. The SMILES string of the molecule is CCCCC(C)NC(C)c1cc(C)sc1C. The summed E-state index contributed by atoms with van der Waals surface area (Å²) in [6.07, 6.45) is 3.89. The van der Waals surface area contributed by atoms with E-state index >= 15 is 0 Å². The molecule has 0 amide bonds. The predicted molar refractivity (Wildman–Crippen MR) is 74.3 cm³/mol. The van der Waals surface area contributed by atoms with Crippen LogP contribution in [0.4, 0.5) is 0 Å². The quantitative estimate of drug-likeness (QED) is 0.765. The van der Waals surface area contributed by atoms with Crippen LogP contribution in [0.5, 0.6) is 0 Å². The summed E-state index contributed by atoms with van der Waals surface area (Å²) in [5, 5.41) is 3.69. The molecule has 0 spiro atoms. The summed E-state index contributed by atoms with van der Waals surface area (Å²) in [5.41, 5.74) is 1.48. The maximum absolute atomic E-state index is 3.69. The first-order valence-electron chi connectivity index (χ1n) is 6.37. The molecule has 1 aromatic rings. The lowest BCUT2D eigenvalue weighted by atomic mass is 10.1. The molecule has 1 N–H and O–H groups in total. The minimum absolute atomic E-state index is 0.483. The molecule has 1 aromatic heterocycles. The van der Waals surface area contributed by atoms with Gasteiger partial charge in [-0.1, -0.05) is 19.8 Å². The first kappa shape index (κ1) is 13.7. The van der Waals surface area contributed by atoms with Crippen molar-refractivity contribution in [3.63, 3.8) is 0 Å². The molecule has 0 saturated carbocycles. The largest absolute Gasteiger partial charge is 0.308 e. The van der Waals surface area contributed by atoms with Crippen LogP contribution in [0.25, 0.3) is 0 Å². The van der Waals surface area contributed by atoms with Crippen LogP contribution in [0.2, 0.25) is 0 Å². The highest BCUT2D eigenvalue weighted by molar-refractivity contribution is 7.12. The van der Waals surface area contributed by atoms with Gasteiger partial charge in [0.2, 0.25) is 0 Å². The van der Waals surface area contributed by atoms with Crippen molar-refractivity contribution in [1.82, 2.24) is 5.32 Å². The Morgan fingerprint density at radius 1 is 1.31 bits per heavy atom. The molecule has 0 radical (unpaired) electrons. The lowest BCUT2D eigenvalue weighted by Crippen LogP contribution is -2.28. The minimum atomic E-state index is 0.483. The molecule has 2 atom stereocenters. The summed E-state index contributed by atoms with van der Waals surface area (Å²) in [5.74, 6) is 0. The number of aryl methyl sites for hydroxylation is 2. The average molecular weight is 239 g/mol. The van der Waals surface area contributed by atoms with E-state index in [1.807, 2.05) is 11.3 Å². The number of thiophene rings is 1. The number of unbranched alkanes of at least 4 members (excludes halogenated alkanes) is 1. The van der Waals surface area contributed by atoms with E-state index in [9.17, 15) is 0 Å². The highest BCUT2D eigenvalue weighted by Gasteiger charge is 2.13. The Morgan fingerprint density at radius 2 is 2.00 bits per heavy atom. The summed E-state index contributed by atoms with van der Waals surface area (Å²) in [6.45, 7) is 11.2. The molecule has 92 valence electrons. The van der Waals surface area contributed by atoms with Crippen molar-refractivity contribution >= 4 is 11.3 Å². The molecule has 16 heavy (non-hydrogen) atoms. The van der Waals surface area contributed by atoms with E-state index in [0.29, 0.717) is 12.1 Å². The standard InChI is InChI=1S/C14H25NS/c1-6-7-8-10(2)15-12(4)14-9-11(3)16-13(14)5/h9-10,12,15H,6-8H2,1-5H3. The Bertz CT molecular complexity index is 317. The third kappa shape index (κ3) is 3.91. The Hall–Kier alpha value is -0.340. The van der Waals surface area contributed by atoms with Crippen molar-refractivity contribution in [2.45, 2.75) is 66.0 Å². The third-order valence-electron chi connectivity index (χ3n) is 3.07. The smallest absolute Gasteiger partial charge is 0.0305 e. The number of nitrogens with one attached hydrogen (secondary N) is 1. The van der Waals surface area contributed by atoms with E-state index in [-0.39, 0.29) is 0 Å². The second kappa shape index (κ2) is 6.41. The summed E-state index contributed by atoms with van der Waals surface area (Å²) in [4.78, 5) is 2.88. The Kier molecular flexibility index (Phi) is 5.50.